The predicted octanol–water partition coefficient (Wildman–Crippen LogP) is 5.80. The van der Waals surface area contributed by atoms with Gasteiger partial charge in [0.2, 0.25) is 0 Å². The highest BCUT2D eigenvalue weighted by atomic mass is 16.5. The first-order valence-corrected chi connectivity index (χ1v) is 11.1. The second-order valence-corrected chi connectivity index (χ2v) is 8.60. The van der Waals surface area contributed by atoms with Crippen molar-refractivity contribution in [3.8, 4) is 5.75 Å². The number of rotatable bonds is 6. The largest absolute Gasteiger partial charge is 0.491 e. The van der Waals surface area contributed by atoms with E-state index >= 15 is 0 Å². The number of benzene rings is 3. The van der Waals surface area contributed by atoms with Crippen LogP contribution in [0, 0.1) is 20.8 Å². The highest BCUT2D eigenvalue weighted by Crippen LogP contribution is 2.35. The first-order valence-electron chi connectivity index (χ1n) is 11.1. The van der Waals surface area contributed by atoms with Gasteiger partial charge in [-0.25, -0.2) is 4.90 Å². The third kappa shape index (κ3) is 4.40. The SMILES string of the molecule is Cc1cccc(N2C(=O)C(Nc3cccc(C)c3C)=C(c3ccc(OC(C)C)cc3)C2=O)c1. The van der Waals surface area contributed by atoms with Gasteiger partial charge in [-0.1, -0.05) is 36.4 Å². The van der Waals surface area contributed by atoms with Crippen LogP contribution in [0.2, 0.25) is 0 Å². The molecule has 0 aromatic heterocycles. The van der Waals surface area contributed by atoms with Crippen LogP contribution in [-0.4, -0.2) is 17.9 Å². The zero-order valence-corrected chi connectivity index (χ0v) is 19.6. The molecule has 1 aliphatic rings. The van der Waals surface area contributed by atoms with E-state index in [1.54, 1.807) is 6.07 Å². The molecule has 5 nitrogen and oxygen atoms in total. The van der Waals surface area contributed by atoms with Crippen LogP contribution in [0.15, 0.2) is 72.4 Å². The standard InChI is InChI=1S/C28H28N2O3/c1-17(2)33-23-14-12-21(13-15-23)25-26(29-24-11-7-9-19(4)20(24)5)28(32)30(27(25)31)22-10-6-8-18(3)16-22/h6-17,29H,1-5H3. The van der Waals surface area contributed by atoms with Gasteiger partial charge in [0.25, 0.3) is 11.8 Å². The first-order chi connectivity index (χ1) is 15.8. The molecule has 0 aliphatic carbocycles. The zero-order valence-electron chi connectivity index (χ0n) is 19.6. The summed E-state index contributed by atoms with van der Waals surface area (Å²) in [6, 6.07) is 20.6. The second-order valence-electron chi connectivity index (χ2n) is 8.60. The summed E-state index contributed by atoms with van der Waals surface area (Å²) in [6.45, 7) is 9.87. The number of ether oxygens (including phenoxy) is 1. The molecule has 5 heteroatoms. The van der Waals surface area contributed by atoms with Gasteiger partial charge in [0.1, 0.15) is 11.4 Å². The van der Waals surface area contributed by atoms with E-state index in [1.807, 2.05) is 95.3 Å². The first kappa shape index (κ1) is 22.3. The molecule has 3 aromatic rings. The van der Waals surface area contributed by atoms with Crippen LogP contribution in [0.3, 0.4) is 0 Å². The van der Waals surface area contributed by atoms with Crippen LogP contribution in [0.5, 0.6) is 5.75 Å². The summed E-state index contributed by atoms with van der Waals surface area (Å²) < 4.78 is 5.74. The summed E-state index contributed by atoms with van der Waals surface area (Å²) in [5.74, 6) is -0.00866. The molecule has 33 heavy (non-hydrogen) atoms. The Labute approximate surface area is 194 Å². The van der Waals surface area contributed by atoms with E-state index in [2.05, 4.69) is 5.32 Å². The van der Waals surface area contributed by atoms with Gasteiger partial charge in [-0.2, -0.15) is 0 Å². The van der Waals surface area contributed by atoms with Crippen LogP contribution in [0.1, 0.15) is 36.1 Å². The number of imide groups is 1. The molecule has 1 aliphatic heterocycles. The van der Waals surface area contributed by atoms with E-state index in [4.69, 9.17) is 4.74 Å². The molecule has 1 heterocycles. The van der Waals surface area contributed by atoms with Crippen molar-refractivity contribution in [2.24, 2.45) is 0 Å². The van der Waals surface area contributed by atoms with Crippen LogP contribution < -0.4 is 15.0 Å². The van der Waals surface area contributed by atoms with E-state index < -0.39 is 0 Å². The van der Waals surface area contributed by atoms with E-state index in [1.165, 1.54) is 4.90 Å². The van der Waals surface area contributed by atoms with Crippen molar-refractivity contribution < 1.29 is 14.3 Å². The fourth-order valence-corrected chi connectivity index (χ4v) is 3.91. The summed E-state index contributed by atoms with van der Waals surface area (Å²) >= 11 is 0. The molecular formula is C28H28N2O3. The summed E-state index contributed by atoms with van der Waals surface area (Å²) in [4.78, 5) is 28.4. The van der Waals surface area contributed by atoms with Gasteiger partial charge in [0.05, 0.1) is 17.4 Å². The van der Waals surface area contributed by atoms with Crippen LogP contribution >= 0.6 is 0 Å². The van der Waals surface area contributed by atoms with Crippen LogP contribution in [0.4, 0.5) is 11.4 Å². The van der Waals surface area contributed by atoms with Gasteiger partial charge in [-0.3, -0.25) is 9.59 Å². The lowest BCUT2D eigenvalue weighted by Crippen LogP contribution is -2.32. The normalized spacial score (nSPS) is 13.8. The Morgan fingerprint density at radius 2 is 1.55 bits per heavy atom. The molecule has 168 valence electrons. The molecule has 3 aromatic carbocycles. The molecule has 0 spiro atoms. The van der Waals surface area contributed by atoms with E-state index in [9.17, 15) is 9.59 Å². The number of aryl methyl sites for hydroxylation is 2. The molecule has 0 atom stereocenters. The number of anilines is 2. The molecule has 0 unspecified atom stereocenters. The molecule has 1 N–H and O–H groups in total. The van der Waals surface area contributed by atoms with Gasteiger partial charge < -0.3 is 10.1 Å². The summed E-state index contributed by atoms with van der Waals surface area (Å²) in [7, 11) is 0. The molecule has 0 bridgehead atoms. The molecule has 0 saturated carbocycles. The van der Waals surface area contributed by atoms with Crippen molar-refractivity contribution >= 4 is 28.8 Å². The number of nitrogens with zero attached hydrogens (tertiary/aromatic N) is 1. The van der Waals surface area contributed by atoms with E-state index in [0.29, 0.717) is 22.6 Å². The van der Waals surface area contributed by atoms with Gasteiger partial charge in [0, 0.05) is 5.69 Å². The minimum atomic E-state index is -0.371. The molecule has 0 saturated heterocycles. The number of carbonyl (C=O) groups is 2. The number of carbonyl (C=O) groups excluding carboxylic acids is 2. The highest BCUT2D eigenvalue weighted by molar-refractivity contribution is 6.46. The predicted molar refractivity (Wildman–Crippen MR) is 132 cm³/mol. The Kier molecular flexibility index (Phi) is 6.05. The highest BCUT2D eigenvalue weighted by Gasteiger charge is 2.40. The summed E-state index contributed by atoms with van der Waals surface area (Å²) in [5, 5.41) is 3.28. The lowest BCUT2D eigenvalue weighted by molar-refractivity contribution is -0.120. The Hall–Kier alpha value is -3.86. The van der Waals surface area contributed by atoms with Crippen LogP contribution in [0.25, 0.3) is 5.57 Å². The zero-order chi connectivity index (χ0) is 23.7. The van der Waals surface area contributed by atoms with Gasteiger partial charge >= 0.3 is 0 Å². The van der Waals surface area contributed by atoms with Crippen molar-refractivity contribution in [2.45, 2.75) is 40.7 Å². The quantitative estimate of drug-likeness (QED) is 0.493. The minimum Gasteiger partial charge on any atom is -0.491 e. The van der Waals surface area contributed by atoms with Crippen molar-refractivity contribution in [2.75, 3.05) is 10.2 Å². The fraction of sp³-hybridized carbons (Fsp3) is 0.214. The smallest absolute Gasteiger partial charge is 0.282 e. The molecular weight excluding hydrogens is 412 g/mol. The Balaban J connectivity index is 1.81. The molecule has 0 radical (unpaired) electrons. The lowest BCUT2D eigenvalue weighted by Gasteiger charge is -2.16. The molecule has 2 amide bonds. The fourth-order valence-electron chi connectivity index (χ4n) is 3.91. The summed E-state index contributed by atoms with van der Waals surface area (Å²) in [5.41, 5.74) is 5.73. The van der Waals surface area contributed by atoms with Crippen LogP contribution in [-0.2, 0) is 9.59 Å². The second kappa shape index (κ2) is 8.94. The third-order valence-electron chi connectivity index (χ3n) is 5.72. The van der Waals surface area contributed by atoms with Crippen molar-refractivity contribution in [3.63, 3.8) is 0 Å². The summed E-state index contributed by atoms with van der Waals surface area (Å²) in [6.07, 6.45) is 0.0445. The maximum absolute atomic E-state index is 13.6. The third-order valence-corrected chi connectivity index (χ3v) is 5.72. The maximum Gasteiger partial charge on any atom is 0.282 e. The number of nitrogens with one attached hydrogen (secondary N) is 1. The average Bonchev–Trinajstić information content (AvgIpc) is 3.01. The van der Waals surface area contributed by atoms with Gasteiger partial charge in [-0.05, 0) is 87.2 Å². The minimum absolute atomic E-state index is 0.0445. The van der Waals surface area contributed by atoms with Crippen molar-refractivity contribution in [1.29, 1.82) is 0 Å². The molecule has 4 rings (SSSR count). The number of amides is 2. The van der Waals surface area contributed by atoms with Crippen molar-refractivity contribution in [3.05, 3.63) is 94.7 Å². The topological polar surface area (TPSA) is 58.6 Å². The Bertz CT molecular complexity index is 1260. The molecule has 0 fully saturated rings. The number of hydrogen-bond donors (Lipinski definition) is 1. The van der Waals surface area contributed by atoms with Gasteiger partial charge in [0.15, 0.2) is 0 Å². The van der Waals surface area contributed by atoms with E-state index in [0.717, 1.165) is 22.4 Å². The maximum atomic E-state index is 13.6. The average molecular weight is 441 g/mol. The van der Waals surface area contributed by atoms with Crippen molar-refractivity contribution in [1.82, 2.24) is 0 Å². The monoisotopic (exact) mass is 440 g/mol. The van der Waals surface area contributed by atoms with Gasteiger partial charge in [-0.15, -0.1) is 0 Å². The Morgan fingerprint density at radius 1 is 0.848 bits per heavy atom. The lowest BCUT2D eigenvalue weighted by atomic mass is 10.0. The Morgan fingerprint density at radius 3 is 2.21 bits per heavy atom. The number of hydrogen-bond acceptors (Lipinski definition) is 4. The van der Waals surface area contributed by atoms with E-state index in [-0.39, 0.29) is 23.6 Å².